The Bertz CT molecular complexity index is 451. The van der Waals surface area contributed by atoms with Crippen LogP contribution in [0.1, 0.15) is 45.7 Å². The minimum Gasteiger partial charge on any atom is -0.350 e. The van der Waals surface area contributed by atoms with Gasteiger partial charge in [0.25, 0.3) is 0 Å². The highest BCUT2D eigenvalue weighted by Crippen LogP contribution is 2.43. The first-order valence-corrected chi connectivity index (χ1v) is 8.39. The van der Waals surface area contributed by atoms with E-state index in [2.05, 4.69) is 29.0 Å². The van der Waals surface area contributed by atoms with Gasteiger partial charge in [0, 0.05) is 16.8 Å². The van der Waals surface area contributed by atoms with Crippen molar-refractivity contribution in [2.24, 2.45) is 0 Å². The zero-order valence-electron chi connectivity index (χ0n) is 11.9. The smallest absolute Gasteiger partial charge is 0.234 e. The number of hydrogen-bond acceptors (Lipinski definition) is 4. The van der Waals surface area contributed by atoms with Gasteiger partial charge in [0.1, 0.15) is 0 Å². The molecule has 5 heteroatoms. The van der Waals surface area contributed by atoms with Crippen molar-refractivity contribution in [3.63, 3.8) is 0 Å². The average molecular weight is 298 g/mol. The molecule has 0 aromatic carbocycles. The fraction of sp³-hybridized carbons (Fsp3) is 0.643. The van der Waals surface area contributed by atoms with Crippen LogP contribution in [0.3, 0.4) is 0 Å². The standard InChI is InChI=1S/C14H22N2OS2/c1-9-7-11(10-5-6-18-13(10)19-9)15-8-12(17)16-14(2,3)4/h5-6,9,11,15H,7-8H2,1-4H3,(H,16,17)/t9-,11?/m0/s1. The molecule has 2 rings (SSSR count). The van der Waals surface area contributed by atoms with E-state index in [0.717, 1.165) is 6.42 Å². The Morgan fingerprint density at radius 2 is 2.21 bits per heavy atom. The van der Waals surface area contributed by atoms with E-state index in [-0.39, 0.29) is 11.4 Å². The molecule has 1 aromatic rings. The molecule has 1 amide bonds. The third-order valence-corrected chi connectivity index (χ3v) is 5.28. The Kier molecular flexibility index (Phi) is 4.58. The maximum absolute atomic E-state index is 11.9. The molecule has 19 heavy (non-hydrogen) atoms. The fourth-order valence-electron chi connectivity index (χ4n) is 2.22. The molecule has 1 aromatic heterocycles. The second-order valence-corrected chi connectivity index (χ2v) is 8.68. The molecule has 1 aliphatic rings. The third-order valence-electron chi connectivity index (χ3n) is 2.93. The molecule has 0 radical (unpaired) electrons. The largest absolute Gasteiger partial charge is 0.350 e. The first kappa shape index (κ1) is 14.9. The molecule has 0 aliphatic carbocycles. The predicted octanol–water partition coefficient (Wildman–Crippen LogP) is 3.18. The number of rotatable bonds is 3. The molecule has 2 N–H and O–H groups in total. The Morgan fingerprint density at radius 3 is 2.89 bits per heavy atom. The molecule has 2 atom stereocenters. The highest BCUT2D eigenvalue weighted by molar-refractivity contribution is 8.01. The zero-order chi connectivity index (χ0) is 14.0. The molecule has 1 unspecified atom stereocenters. The van der Waals surface area contributed by atoms with Crippen molar-refractivity contribution < 1.29 is 4.79 Å². The lowest BCUT2D eigenvalue weighted by molar-refractivity contribution is -0.121. The van der Waals surface area contributed by atoms with Crippen LogP contribution < -0.4 is 10.6 Å². The maximum Gasteiger partial charge on any atom is 0.234 e. The quantitative estimate of drug-likeness (QED) is 0.900. The van der Waals surface area contributed by atoms with E-state index in [1.54, 1.807) is 11.3 Å². The minimum absolute atomic E-state index is 0.0650. The summed E-state index contributed by atoms with van der Waals surface area (Å²) in [4.78, 5) is 11.9. The van der Waals surface area contributed by atoms with E-state index in [4.69, 9.17) is 0 Å². The lowest BCUT2D eigenvalue weighted by Gasteiger charge is -2.28. The summed E-state index contributed by atoms with van der Waals surface area (Å²) in [5.74, 6) is 0.0650. The van der Waals surface area contributed by atoms with Crippen LogP contribution >= 0.6 is 23.1 Å². The highest BCUT2D eigenvalue weighted by Gasteiger charge is 2.26. The Labute approximate surface area is 123 Å². The van der Waals surface area contributed by atoms with Crippen LogP contribution in [-0.2, 0) is 4.79 Å². The zero-order valence-corrected chi connectivity index (χ0v) is 13.6. The van der Waals surface area contributed by atoms with Gasteiger partial charge in [-0.2, -0.15) is 0 Å². The molecule has 0 fully saturated rings. The number of nitrogens with one attached hydrogen (secondary N) is 2. The van der Waals surface area contributed by atoms with Crippen LogP contribution in [0, 0.1) is 0 Å². The van der Waals surface area contributed by atoms with E-state index in [1.165, 1.54) is 9.77 Å². The number of thioether (sulfide) groups is 1. The molecule has 0 saturated carbocycles. The number of carbonyl (C=O) groups is 1. The van der Waals surface area contributed by atoms with Crippen molar-refractivity contribution in [2.75, 3.05) is 6.54 Å². The van der Waals surface area contributed by atoms with Crippen LogP contribution in [-0.4, -0.2) is 23.2 Å². The van der Waals surface area contributed by atoms with Gasteiger partial charge in [-0.1, -0.05) is 6.92 Å². The number of hydrogen-bond donors (Lipinski definition) is 2. The van der Waals surface area contributed by atoms with Gasteiger partial charge in [0.05, 0.1) is 10.8 Å². The van der Waals surface area contributed by atoms with Gasteiger partial charge in [0.15, 0.2) is 0 Å². The van der Waals surface area contributed by atoms with Crippen LogP contribution in [0.25, 0.3) is 0 Å². The van der Waals surface area contributed by atoms with Crippen LogP contribution in [0.2, 0.25) is 0 Å². The van der Waals surface area contributed by atoms with E-state index in [9.17, 15) is 4.79 Å². The SMILES string of the molecule is C[C@H]1CC(NCC(=O)NC(C)(C)C)c2ccsc2S1. The van der Waals surface area contributed by atoms with Crippen molar-refractivity contribution in [2.45, 2.75) is 55.2 Å². The van der Waals surface area contributed by atoms with Gasteiger partial charge in [-0.15, -0.1) is 23.1 Å². The lowest BCUT2D eigenvalue weighted by atomic mass is 10.0. The normalized spacial score (nSPS) is 22.9. The second-order valence-electron chi connectivity index (χ2n) is 6.06. The summed E-state index contributed by atoms with van der Waals surface area (Å²) in [6.45, 7) is 8.63. The Hall–Kier alpha value is -0.520. The van der Waals surface area contributed by atoms with Gasteiger partial charge in [0.2, 0.25) is 5.91 Å². The van der Waals surface area contributed by atoms with Crippen molar-refractivity contribution in [3.8, 4) is 0 Å². The van der Waals surface area contributed by atoms with E-state index in [0.29, 0.717) is 17.8 Å². The summed E-state index contributed by atoms with van der Waals surface area (Å²) >= 11 is 3.74. The molecule has 0 spiro atoms. The van der Waals surface area contributed by atoms with Crippen molar-refractivity contribution >= 4 is 29.0 Å². The summed E-state index contributed by atoms with van der Waals surface area (Å²) in [5.41, 5.74) is 1.19. The van der Waals surface area contributed by atoms with Crippen LogP contribution in [0.15, 0.2) is 15.7 Å². The minimum atomic E-state index is -0.165. The fourth-order valence-corrected chi connectivity index (χ4v) is 4.79. The van der Waals surface area contributed by atoms with Gasteiger partial charge in [-0.25, -0.2) is 0 Å². The van der Waals surface area contributed by atoms with Gasteiger partial charge in [-0.3, -0.25) is 4.79 Å². The van der Waals surface area contributed by atoms with E-state index < -0.39 is 0 Å². The van der Waals surface area contributed by atoms with Gasteiger partial charge in [-0.05, 0) is 44.2 Å². The summed E-state index contributed by atoms with van der Waals surface area (Å²) in [5, 5.41) is 9.13. The Balaban J connectivity index is 1.92. The topological polar surface area (TPSA) is 41.1 Å². The molecule has 106 valence electrons. The van der Waals surface area contributed by atoms with E-state index >= 15 is 0 Å². The molecular formula is C14H22N2OS2. The molecule has 1 aliphatic heterocycles. The van der Waals surface area contributed by atoms with Gasteiger partial charge < -0.3 is 10.6 Å². The second kappa shape index (κ2) is 5.85. The monoisotopic (exact) mass is 298 g/mol. The first-order valence-electron chi connectivity index (χ1n) is 6.63. The summed E-state index contributed by atoms with van der Waals surface area (Å²) < 4.78 is 1.40. The van der Waals surface area contributed by atoms with Crippen molar-refractivity contribution in [1.29, 1.82) is 0 Å². The molecular weight excluding hydrogens is 276 g/mol. The predicted molar refractivity (Wildman–Crippen MR) is 82.9 cm³/mol. The number of carbonyl (C=O) groups excluding carboxylic acids is 1. The van der Waals surface area contributed by atoms with Crippen molar-refractivity contribution in [1.82, 2.24) is 10.6 Å². The van der Waals surface area contributed by atoms with Crippen molar-refractivity contribution in [3.05, 3.63) is 17.0 Å². The van der Waals surface area contributed by atoms with Crippen LogP contribution in [0.4, 0.5) is 0 Å². The summed E-state index contributed by atoms with van der Waals surface area (Å²) in [7, 11) is 0. The molecule has 0 saturated heterocycles. The maximum atomic E-state index is 11.9. The molecule has 0 bridgehead atoms. The Morgan fingerprint density at radius 1 is 1.47 bits per heavy atom. The number of amides is 1. The average Bonchev–Trinajstić information content (AvgIpc) is 2.71. The highest BCUT2D eigenvalue weighted by atomic mass is 32.2. The number of thiophene rings is 1. The van der Waals surface area contributed by atoms with Crippen LogP contribution in [0.5, 0.6) is 0 Å². The van der Waals surface area contributed by atoms with Gasteiger partial charge >= 0.3 is 0 Å². The molecule has 2 heterocycles. The number of fused-ring (bicyclic) bond motifs is 1. The summed E-state index contributed by atoms with van der Waals surface area (Å²) in [6.07, 6.45) is 1.08. The van der Waals surface area contributed by atoms with E-state index in [1.807, 2.05) is 32.5 Å². The molecule has 3 nitrogen and oxygen atoms in total. The third kappa shape index (κ3) is 4.23. The lowest BCUT2D eigenvalue weighted by Crippen LogP contribution is -2.45. The first-order chi connectivity index (χ1) is 8.85. The summed E-state index contributed by atoms with van der Waals surface area (Å²) in [6, 6.07) is 2.49.